The van der Waals surface area contributed by atoms with Gasteiger partial charge in [0.1, 0.15) is 10.4 Å². The number of aromatic nitrogens is 2. The molecule has 0 aliphatic heterocycles. The predicted octanol–water partition coefficient (Wildman–Crippen LogP) is 0.916. The third-order valence-electron chi connectivity index (χ3n) is 1.34. The normalized spacial score (nSPS) is 10.5. The second kappa shape index (κ2) is 4.01. The maximum absolute atomic E-state index is 11.9. The van der Waals surface area contributed by atoms with Crippen molar-refractivity contribution in [2.24, 2.45) is 5.73 Å². The van der Waals surface area contributed by atoms with Gasteiger partial charge in [0.05, 0.1) is 12.2 Å². The van der Waals surface area contributed by atoms with E-state index in [1.54, 1.807) is 4.68 Å². The van der Waals surface area contributed by atoms with Crippen LogP contribution in [0.5, 0.6) is 0 Å². The summed E-state index contributed by atoms with van der Waals surface area (Å²) in [6, 6.07) is 1.86. The molecule has 3 nitrogen and oxygen atoms in total. The molecule has 0 aliphatic carbocycles. The van der Waals surface area contributed by atoms with Gasteiger partial charge in [-0.15, -0.1) is 0 Å². The van der Waals surface area contributed by atoms with Crippen LogP contribution in [0.25, 0.3) is 0 Å². The molecule has 0 bridgehead atoms. The van der Waals surface area contributed by atoms with E-state index in [4.69, 9.17) is 5.73 Å². The summed E-state index contributed by atoms with van der Waals surface area (Å²) >= 11 is 2.08. The highest BCUT2D eigenvalue weighted by molar-refractivity contribution is 14.1. The van der Waals surface area contributed by atoms with E-state index in [0.717, 1.165) is 9.39 Å². The number of nitrogens with zero attached hydrogens (tertiary/aromatic N) is 2. The number of rotatable bonds is 3. The molecule has 5 heteroatoms. The Labute approximate surface area is 77.9 Å². The van der Waals surface area contributed by atoms with Crippen molar-refractivity contribution >= 4 is 22.6 Å². The molecule has 0 unspecified atom stereocenters. The van der Waals surface area contributed by atoms with Gasteiger partial charge in [0.2, 0.25) is 0 Å². The van der Waals surface area contributed by atoms with E-state index >= 15 is 0 Å². The van der Waals surface area contributed by atoms with Crippen LogP contribution in [-0.4, -0.2) is 16.5 Å². The minimum absolute atomic E-state index is 0.301. The predicted molar refractivity (Wildman–Crippen MR) is 48.8 cm³/mol. The van der Waals surface area contributed by atoms with Crippen LogP contribution in [0, 0.1) is 3.70 Å². The molecule has 0 aromatic carbocycles. The van der Waals surface area contributed by atoms with E-state index in [1.807, 2.05) is 6.07 Å². The number of halogens is 2. The number of nitrogens with two attached hydrogens (primary N) is 1. The minimum Gasteiger partial charge on any atom is -0.325 e. The van der Waals surface area contributed by atoms with E-state index in [0.29, 0.717) is 13.1 Å². The first-order chi connectivity index (χ1) is 5.27. The number of aryl methyl sites for hydroxylation is 1. The summed E-state index contributed by atoms with van der Waals surface area (Å²) < 4.78 is 14.4. The second-order valence-electron chi connectivity index (χ2n) is 2.07. The van der Waals surface area contributed by atoms with Gasteiger partial charge in [-0.3, -0.25) is 4.68 Å². The van der Waals surface area contributed by atoms with Crippen LogP contribution in [0.3, 0.4) is 0 Å². The highest BCUT2D eigenvalue weighted by atomic mass is 127. The summed E-state index contributed by atoms with van der Waals surface area (Å²) in [6.07, 6.45) is 0. The molecule has 0 saturated carbocycles. The van der Waals surface area contributed by atoms with Crippen LogP contribution in [0.4, 0.5) is 4.39 Å². The van der Waals surface area contributed by atoms with E-state index in [-0.39, 0.29) is 0 Å². The van der Waals surface area contributed by atoms with Gasteiger partial charge in [-0.1, -0.05) is 0 Å². The minimum atomic E-state index is -0.398. The first-order valence-electron chi connectivity index (χ1n) is 3.26. The van der Waals surface area contributed by atoms with Gasteiger partial charge in [0, 0.05) is 6.54 Å². The molecule has 1 aromatic heterocycles. The van der Waals surface area contributed by atoms with Crippen LogP contribution in [0.1, 0.15) is 5.69 Å². The number of hydrogen-bond donors (Lipinski definition) is 1. The topological polar surface area (TPSA) is 43.8 Å². The Morgan fingerprint density at radius 3 is 3.00 bits per heavy atom. The Morgan fingerprint density at radius 2 is 2.45 bits per heavy atom. The zero-order valence-electron chi connectivity index (χ0n) is 5.93. The average molecular weight is 269 g/mol. The molecule has 0 aliphatic rings. The van der Waals surface area contributed by atoms with Gasteiger partial charge >= 0.3 is 0 Å². The van der Waals surface area contributed by atoms with Crippen molar-refractivity contribution in [1.29, 1.82) is 0 Å². The summed E-state index contributed by atoms with van der Waals surface area (Å²) in [6.45, 7) is 0.316. The molecule has 11 heavy (non-hydrogen) atoms. The van der Waals surface area contributed by atoms with Crippen LogP contribution < -0.4 is 5.73 Å². The Balaban J connectivity index is 2.83. The molecule has 62 valence electrons. The first-order valence-corrected chi connectivity index (χ1v) is 4.34. The van der Waals surface area contributed by atoms with E-state index < -0.39 is 6.67 Å². The third kappa shape index (κ3) is 2.13. The Hall–Kier alpha value is -0.170. The lowest BCUT2D eigenvalue weighted by Crippen LogP contribution is -2.09. The molecule has 2 N–H and O–H groups in total. The quantitative estimate of drug-likeness (QED) is 0.829. The summed E-state index contributed by atoms with van der Waals surface area (Å²) in [5.41, 5.74) is 6.29. The van der Waals surface area contributed by atoms with Gasteiger partial charge in [-0.2, -0.15) is 5.10 Å². The molecule has 0 atom stereocenters. The third-order valence-corrected chi connectivity index (χ3v) is 1.87. The van der Waals surface area contributed by atoms with Crippen molar-refractivity contribution in [3.05, 3.63) is 15.5 Å². The summed E-state index contributed by atoms with van der Waals surface area (Å²) in [5.74, 6) is 0. The fraction of sp³-hybridized carbons (Fsp3) is 0.500. The van der Waals surface area contributed by atoms with Crippen molar-refractivity contribution in [3.63, 3.8) is 0 Å². The molecule has 0 fully saturated rings. The number of hydrogen-bond acceptors (Lipinski definition) is 2. The lowest BCUT2D eigenvalue weighted by molar-refractivity contribution is 0.419. The molecule has 1 rings (SSSR count). The summed E-state index contributed by atoms with van der Waals surface area (Å²) in [4.78, 5) is 0. The monoisotopic (exact) mass is 269 g/mol. The highest BCUT2D eigenvalue weighted by Gasteiger charge is 2.02. The SMILES string of the molecule is NCc1cc(I)nn1CCF. The Morgan fingerprint density at radius 1 is 1.73 bits per heavy atom. The molecule has 1 aromatic rings. The molecule has 0 spiro atoms. The van der Waals surface area contributed by atoms with Crippen molar-refractivity contribution < 1.29 is 4.39 Å². The lowest BCUT2D eigenvalue weighted by Gasteiger charge is -2.00. The maximum Gasteiger partial charge on any atom is 0.123 e. The fourth-order valence-electron chi connectivity index (χ4n) is 0.858. The van der Waals surface area contributed by atoms with Crippen molar-refractivity contribution in [2.45, 2.75) is 13.1 Å². The molecule has 0 radical (unpaired) electrons. The van der Waals surface area contributed by atoms with Crippen LogP contribution in [0.15, 0.2) is 6.07 Å². The summed E-state index contributed by atoms with van der Waals surface area (Å²) in [5, 5.41) is 4.05. The summed E-state index contributed by atoms with van der Waals surface area (Å²) in [7, 11) is 0. The van der Waals surface area contributed by atoms with Crippen LogP contribution >= 0.6 is 22.6 Å². The number of alkyl halides is 1. The van der Waals surface area contributed by atoms with E-state index in [1.165, 1.54) is 0 Å². The van der Waals surface area contributed by atoms with Crippen molar-refractivity contribution in [2.75, 3.05) is 6.67 Å². The van der Waals surface area contributed by atoms with Crippen LogP contribution in [0.2, 0.25) is 0 Å². The Bertz CT molecular complexity index is 236. The zero-order chi connectivity index (χ0) is 8.27. The van der Waals surface area contributed by atoms with Gasteiger partial charge in [-0.05, 0) is 28.7 Å². The van der Waals surface area contributed by atoms with Gasteiger partial charge in [0.15, 0.2) is 0 Å². The lowest BCUT2D eigenvalue weighted by atomic mass is 10.4. The second-order valence-corrected chi connectivity index (χ2v) is 3.18. The van der Waals surface area contributed by atoms with Gasteiger partial charge in [-0.25, -0.2) is 4.39 Å². The highest BCUT2D eigenvalue weighted by Crippen LogP contribution is 2.05. The standard InChI is InChI=1S/C6H9FIN3/c7-1-2-11-5(4-9)3-6(8)10-11/h3H,1-2,4,9H2. The molecular weight excluding hydrogens is 260 g/mol. The molecular formula is C6H9FIN3. The smallest absolute Gasteiger partial charge is 0.123 e. The van der Waals surface area contributed by atoms with Crippen molar-refractivity contribution in [3.8, 4) is 0 Å². The van der Waals surface area contributed by atoms with Gasteiger partial charge < -0.3 is 5.73 Å². The molecule has 1 heterocycles. The van der Waals surface area contributed by atoms with E-state index in [9.17, 15) is 4.39 Å². The first kappa shape index (κ1) is 8.92. The maximum atomic E-state index is 11.9. The Kier molecular flexibility index (Phi) is 3.25. The fourth-order valence-corrected chi connectivity index (χ4v) is 1.48. The van der Waals surface area contributed by atoms with Gasteiger partial charge in [0.25, 0.3) is 0 Å². The zero-order valence-corrected chi connectivity index (χ0v) is 8.08. The van der Waals surface area contributed by atoms with E-state index in [2.05, 4.69) is 27.7 Å². The average Bonchev–Trinajstić information content (AvgIpc) is 2.32. The van der Waals surface area contributed by atoms with Crippen molar-refractivity contribution in [1.82, 2.24) is 9.78 Å². The molecule has 0 amide bonds. The van der Waals surface area contributed by atoms with Crippen LogP contribution in [-0.2, 0) is 13.1 Å². The molecule has 0 saturated heterocycles. The largest absolute Gasteiger partial charge is 0.325 e.